The third-order valence-corrected chi connectivity index (χ3v) is 5.71. The van der Waals surface area contributed by atoms with Gasteiger partial charge in [0.25, 0.3) is 0 Å². The standard InChI is InChI=1S/C23H19ClF3N9/c1-13(2)35-11-17(23(25,26)27)32-21(35)15-5-3-14(4-6-15)9-30-20-22-29-7-8-36(22)34-19(33-20)16-10-28-12-31-18(16)24/h3-8,10-13H,9H2,1-2H3,(H,30,33,34). The van der Waals surface area contributed by atoms with Crippen LogP contribution in [-0.4, -0.2) is 39.1 Å². The molecule has 5 rings (SSSR count). The molecule has 0 spiro atoms. The van der Waals surface area contributed by atoms with E-state index < -0.39 is 11.9 Å². The Kier molecular flexibility index (Phi) is 6.04. The van der Waals surface area contributed by atoms with Gasteiger partial charge < -0.3 is 9.88 Å². The number of nitrogens with one attached hydrogen (secondary N) is 1. The third kappa shape index (κ3) is 4.59. The normalized spacial score (nSPS) is 12.0. The Bertz CT molecular complexity index is 1520. The second kappa shape index (κ2) is 9.19. The Morgan fingerprint density at radius 2 is 1.86 bits per heavy atom. The van der Waals surface area contributed by atoms with Gasteiger partial charge in [-0.25, -0.2) is 29.4 Å². The summed E-state index contributed by atoms with van der Waals surface area (Å²) in [6.45, 7) is 4.00. The van der Waals surface area contributed by atoms with Crippen LogP contribution in [-0.2, 0) is 12.7 Å². The fraction of sp³-hybridized carbons (Fsp3) is 0.217. The summed E-state index contributed by atoms with van der Waals surface area (Å²) in [6.07, 6.45) is 2.68. The van der Waals surface area contributed by atoms with Crippen molar-refractivity contribution >= 4 is 23.1 Å². The smallest absolute Gasteiger partial charge is 0.363 e. The Morgan fingerprint density at radius 3 is 2.56 bits per heavy atom. The fourth-order valence-electron chi connectivity index (χ4n) is 3.62. The van der Waals surface area contributed by atoms with Crippen LogP contribution in [0.2, 0.25) is 5.15 Å². The van der Waals surface area contributed by atoms with Gasteiger partial charge in [-0.3, -0.25) is 0 Å². The van der Waals surface area contributed by atoms with Crippen LogP contribution in [0.25, 0.3) is 28.4 Å². The summed E-state index contributed by atoms with van der Waals surface area (Å²) in [5, 5.41) is 7.88. The monoisotopic (exact) mass is 513 g/mol. The van der Waals surface area contributed by atoms with Crippen LogP contribution in [0.5, 0.6) is 0 Å². The number of imidazole rings is 2. The number of alkyl halides is 3. The van der Waals surface area contributed by atoms with E-state index in [9.17, 15) is 13.2 Å². The number of anilines is 1. The number of rotatable bonds is 6. The Morgan fingerprint density at radius 1 is 1.08 bits per heavy atom. The van der Waals surface area contributed by atoms with Gasteiger partial charge in [-0.05, 0) is 19.4 Å². The molecule has 9 nitrogen and oxygen atoms in total. The first-order chi connectivity index (χ1) is 17.2. The predicted octanol–water partition coefficient (Wildman–Crippen LogP) is 5.31. The van der Waals surface area contributed by atoms with Gasteiger partial charge >= 0.3 is 6.18 Å². The topological polar surface area (TPSA) is 98.7 Å². The summed E-state index contributed by atoms with van der Waals surface area (Å²) in [5.74, 6) is 1.06. The van der Waals surface area contributed by atoms with Crippen LogP contribution in [0.1, 0.15) is 31.1 Å². The Balaban J connectivity index is 1.40. The minimum absolute atomic E-state index is 0.183. The molecule has 0 bridgehead atoms. The molecular formula is C23H19ClF3N9. The average molecular weight is 514 g/mol. The largest absolute Gasteiger partial charge is 0.434 e. The lowest BCUT2D eigenvalue weighted by Crippen LogP contribution is -2.08. The fourth-order valence-corrected chi connectivity index (χ4v) is 3.80. The number of hydrogen-bond donors (Lipinski definition) is 1. The maximum Gasteiger partial charge on any atom is 0.434 e. The summed E-state index contributed by atoms with van der Waals surface area (Å²) in [7, 11) is 0. The molecule has 0 aliphatic rings. The molecule has 0 saturated heterocycles. The summed E-state index contributed by atoms with van der Waals surface area (Å²) in [6, 6.07) is 6.95. The van der Waals surface area contributed by atoms with E-state index in [1.54, 1.807) is 29.0 Å². The van der Waals surface area contributed by atoms with E-state index >= 15 is 0 Å². The van der Waals surface area contributed by atoms with Crippen molar-refractivity contribution in [1.29, 1.82) is 0 Å². The number of nitrogens with zero attached hydrogens (tertiary/aromatic N) is 8. The van der Waals surface area contributed by atoms with Gasteiger partial charge in [0.05, 0.1) is 5.56 Å². The number of aromatic nitrogens is 8. The number of halogens is 4. The van der Waals surface area contributed by atoms with Crippen molar-refractivity contribution in [2.75, 3.05) is 5.32 Å². The first kappa shape index (κ1) is 23.7. The Labute approximate surface area is 208 Å². The molecule has 4 aromatic heterocycles. The molecule has 0 radical (unpaired) electrons. The van der Waals surface area contributed by atoms with Crippen molar-refractivity contribution in [3.05, 3.63) is 71.8 Å². The molecule has 0 fully saturated rings. The van der Waals surface area contributed by atoms with Gasteiger partial charge in [-0.2, -0.15) is 13.2 Å². The predicted molar refractivity (Wildman–Crippen MR) is 127 cm³/mol. The molecule has 0 aliphatic heterocycles. The zero-order valence-corrected chi connectivity index (χ0v) is 19.8. The van der Waals surface area contributed by atoms with E-state index in [1.165, 1.54) is 17.1 Å². The van der Waals surface area contributed by atoms with Gasteiger partial charge in [0.1, 0.15) is 17.3 Å². The molecule has 13 heteroatoms. The van der Waals surface area contributed by atoms with E-state index in [0.29, 0.717) is 35.0 Å². The number of benzene rings is 1. The van der Waals surface area contributed by atoms with Gasteiger partial charge in [0.15, 0.2) is 23.0 Å². The molecule has 5 aromatic rings. The highest BCUT2D eigenvalue weighted by atomic mass is 35.5. The van der Waals surface area contributed by atoms with Gasteiger partial charge in [0, 0.05) is 42.9 Å². The molecule has 0 aliphatic carbocycles. The summed E-state index contributed by atoms with van der Waals surface area (Å²) in [4.78, 5) is 20.7. The van der Waals surface area contributed by atoms with Gasteiger partial charge in [-0.1, -0.05) is 35.9 Å². The first-order valence-electron chi connectivity index (χ1n) is 10.9. The van der Waals surface area contributed by atoms with E-state index in [2.05, 4.69) is 35.3 Å². The van der Waals surface area contributed by atoms with Crippen molar-refractivity contribution in [3.8, 4) is 22.8 Å². The molecule has 1 N–H and O–H groups in total. The number of fused-ring (bicyclic) bond motifs is 1. The molecule has 36 heavy (non-hydrogen) atoms. The van der Waals surface area contributed by atoms with Crippen LogP contribution in [0, 0.1) is 0 Å². The summed E-state index contributed by atoms with van der Waals surface area (Å²) >= 11 is 6.19. The van der Waals surface area contributed by atoms with Gasteiger partial charge in [0.2, 0.25) is 0 Å². The van der Waals surface area contributed by atoms with E-state index in [4.69, 9.17) is 11.6 Å². The lowest BCUT2D eigenvalue weighted by molar-refractivity contribution is -0.140. The zero-order valence-electron chi connectivity index (χ0n) is 19.1. The van der Waals surface area contributed by atoms with Crippen molar-refractivity contribution in [2.45, 2.75) is 32.6 Å². The summed E-state index contributed by atoms with van der Waals surface area (Å²) < 4.78 is 42.7. The molecule has 1 aromatic carbocycles. The van der Waals surface area contributed by atoms with Crippen LogP contribution >= 0.6 is 11.6 Å². The lowest BCUT2D eigenvalue weighted by atomic mass is 10.1. The van der Waals surface area contributed by atoms with E-state index in [-0.39, 0.29) is 17.0 Å². The van der Waals surface area contributed by atoms with Crippen LogP contribution in [0.4, 0.5) is 19.0 Å². The van der Waals surface area contributed by atoms with E-state index in [0.717, 1.165) is 11.8 Å². The average Bonchev–Trinajstić information content (AvgIpc) is 3.51. The molecular weight excluding hydrogens is 495 g/mol. The second-order valence-electron chi connectivity index (χ2n) is 8.21. The SMILES string of the molecule is CC(C)n1cc(C(F)(F)F)nc1-c1ccc(CNc2nc(-c3cncnc3Cl)nn3ccnc23)cc1. The van der Waals surface area contributed by atoms with Crippen molar-refractivity contribution in [3.63, 3.8) is 0 Å². The van der Waals surface area contributed by atoms with Crippen LogP contribution in [0.3, 0.4) is 0 Å². The first-order valence-corrected chi connectivity index (χ1v) is 11.2. The van der Waals surface area contributed by atoms with E-state index in [1.807, 2.05) is 26.0 Å². The number of hydrogen-bond acceptors (Lipinski definition) is 7. The Hall–Kier alpha value is -4.06. The van der Waals surface area contributed by atoms with Crippen LogP contribution in [0.15, 0.2) is 55.4 Å². The highest BCUT2D eigenvalue weighted by Gasteiger charge is 2.35. The quantitative estimate of drug-likeness (QED) is 0.307. The van der Waals surface area contributed by atoms with Crippen molar-refractivity contribution in [2.24, 2.45) is 0 Å². The molecule has 184 valence electrons. The van der Waals surface area contributed by atoms with Crippen molar-refractivity contribution < 1.29 is 13.2 Å². The third-order valence-electron chi connectivity index (χ3n) is 5.41. The minimum atomic E-state index is -4.51. The van der Waals surface area contributed by atoms with Crippen LogP contribution < -0.4 is 5.32 Å². The van der Waals surface area contributed by atoms with Crippen molar-refractivity contribution in [1.82, 2.24) is 39.1 Å². The highest BCUT2D eigenvalue weighted by Crippen LogP contribution is 2.32. The molecule has 0 amide bonds. The lowest BCUT2D eigenvalue weighted by Gasteiger charge is -2.12. The maximum atomic E-state index is 13.2. The second-order valence-corrected chi connectivity index (χ2v) is 8.56. The molecule has 0 unspecified atom stereocenters. The summed E-state index contributed by atoms with van der Waals surface area (Å²) in [5.41, 5.74) is 1.54. The highest BCUT2D eigenvalue weighted by molar-refractivity contribution is 6.31. The van der Waals surface area contributed by atoms with Gasteiger partial charge in [-0.15, -0.1) is 5.10 Å². The zero-order chi connectivity index (χ0) is 25.4. The minimum Gasteiger partial charge on any atom is -0.363 e. The molecule has 4 heterocycles. The molecule has 0 atom stereocenters. The molecule has 0 saturated carbocycles. The maximum absolute atomic E-state index is 13.2.